The van der Waals surface area contributed by atoms with E-state index in [4.69, 9.17) is 29.4 Å². The van der Waals surface area contributed by atoms with Crippen molar-refractivity contribution in [3.63, 3.8) is 0 Å². The van der Waals surface area contributed by atoms with E-state index >= 15 is 0 Å². The van der Waals surface area contributed by atoms with Crippen LogP contribution >= 0.6 is 21.6 Å². The van der Waals surface area contributed by atoms with Gasteiger partial charge in [-0.2, -0.15) is 0 Å². The zero-order valence-electron chi connectivity index (χ0n) is 57.3. The number of esters is 1. The second-order valence-corrected chi connectivity index (χ2v) is 33.7. The van der Waals surface area contributed by atoms with Gasteiger partial charge < -0.3 is 60.7 Å². The van der Waals surface area contributed by atoms with Gasteiger partial charge in [-0.05, 0) is 170 Å². The summed E-state index contributed by atoms with van der Waals surface area (Å²) in [6.07, 6.45) is 24.2. The molecule has 2 spiro atoms. The van der Waals surface area contributed by atoms with Crippen LogP contribution in [0.4, 0.5) is 0 Å². The van der Waals surface area contributed by atoms with Crippen LogP contribution in [0.25, 0.3) is 17.2 Å². The molecule has 5 aromatic rings. The van der Waals surface area contributed by atoms with Crippen molar-refractivity contribution in [3.05, 3.63) is 163 Å². The minimum atomic E-state index is -0.874. The number of benzene rings is 5. The fourth-order valence-electron chi connectivity index (χ4n) is 21.2. The number of phenolic OH excluding ortho intramolecular Hbond substituents is 2. The number of methoxy groups -OCH3 is 2. The van der Waals surface area contributed by atoms with Gasteiger partial charge in [-0.15, -0.1) is 0 Å². The molecule has 0 aromatic heterocycles. The highest BCUT2D eigenvalue weighted by molar-refractivity contribution is 8.77. The number of allylic oxidation sites excluding steroid dienone is 3. The topological polar surface area (TPSA) is 186 Å². The first-order chi connectivity index (χ1) is 48.4. The largest absolute Gasteiger partial charge is 0.508 e. The third-order valence-electron chi connectivity index (χ3n) is 25.5. The number of carbonyl (C=O) groups excluding carboxylic acids is 1. The van der Waals surface area contributed by atoms with E-state index in [1.807, 2.05) is 27.7 Å². The number of carbonyl (C=O) groups is 1. The molecule has 15 heteroatoms. The first-order valence-corrected chi connectivity index (χ1v) is 39.4. The number of ether oxygens (including phenoxy) is 5. The molecule has 4 fully saturated rings. The summed E-state index contributed by atoms with van der Waals surface area (Å²) in [4.78, 5) is 13.7. The van der Waals surface area contributed by atoms with Gasteiger partial charge in [0.2, 0.25) is 0 Å². The lowest BCUT2D eigenvalue weighted by molar-refractivity contribution is -0.141. The maximum atomic E-state index is 14.3. The molecular formula is C84H94N4O9S2. The molecule has 99 heavy (non-hydrogen) atoms. The van der Waals surface area contributed by atoms with E-state index in [2.05, 4.69) is 125 Å². The smallest absolute Gasteiger partial charge is 0.302 e. The minimum absolute atomic E-state index is 0.00318. The molecule has 6 aliphatic carbocycles. The second kappa shape index (κ2) is 26.9. The van der Waals surface area contributed by atoms with Gasteiger partial charge in [-0.25, -0.2) is 0 Å². The molecule has 0 amide bonds. The summed E-state index contributed by atoms with van der Waals surface area (Å²) in [6, 6.07) is 26.3. The molecule has 12 aliphatic rings. The Balaban J connectivity index is 1.01. The Labute approximate surface area is 591 Å². The lowest BCUT2D eigenvalue weighted by Crippen LogP contribution is -2.52. The van der Waals surface area contributed by atoms with Crippen molar-refractivity contribution in [2.45, 2.75) is 193 Å². The van der Waals surface area contributed by atoms with Gasteiger partial charge >= 0.3 is 5.97 Å². The van der Waals surface area contributed by atoms with Gasteiger partial charge in [0, 0.05) is 113 Å². The zero-order valence-corrected chi connectivity index (χ0v) is 59.0. The molecule has 17 rings (SSSR count). The number of phenols is 2. The van der Waals surface area contributed by atoms with Crippen molar-refractivity contribution in [2.75, 3.05) is 39.8 Å². The highest BCUT2D eigenvalue weighted by Gasteiger charge is 2.57. The number of fused-ring (bicyclic) bond motifs is 16. The summed E-state index contributed by atoms with van der Waals surface area (Å²) < 4.78 is 35.3. The molecule has 0 radical (unpaired) electrons. The Bertz CT molecular complexity index is 4230. The number of aryl methyl sites for hydroxylation is 1. The normalized spacial score (nSPS) is 32.4. The first-order valence-electron chi connectivity index (χ1n) is 37.0. The van der Waals surface area contributed by atoms with Crippen LogP contribution in [0.15, 0.2) is 102 Å². The third kappa shape index (κ3) is 11.6. The van der Waals surface area contributed by atoms with Crippen LogP contribution in [0.1, 0.15) is 176 Å². The molecule has 8 N–H and O–H groups in total. The highest BCUT2D eigenvalue weighted by atomic mass is 33.1. The summed E-state index contributed by atoms with van der Waals surface area (Å²) in [6.45, 7) is 1.96. The SMILES string of the molecule is COCC1C2C#CC3C#CC4=C(C=CC(N)N4)C4C5CCC6(Cc7cc(O)cc(OC)c7-c7ccc8c(c76)OC(c6c7c(c(O)c(c63)CNC(CCCc3ccc(cc3C2)C42CCCCC2)C1CO)OC1C(C=C7)NC2CCCC(CSSC1Cc1ccccc1)C2)C8COC(C)=O)C5. The predicted octanol–water partition coefficient (Wildman–Crippen LogP) is 13.6. The molecule has 1 saturated heterocycles. The average molecular weight is 1370 g/mol. The number of nitrogens with two attached hydrogens (primary N) is 1. The van der Waals surface area contributed by atoms with Gasteiger partial charge in [0.1, 0.15) is 42.0 Å². The van der Waals surface area contributed by atoms with Gasteiger partial charge in [0.15, 0.2) is 11.5 Å². The molecule has 16 atom stereocenters. The quantitative estimate of drug-likeness (QED) is 0.0442. The van der Waals surface area contributed by atoms with E-state index < -0.39 is 41.6 Å². The van der Waals surface area contributed by atoms with Crippen molar-refractivity contribution in [1.29, 1.82) is 0 Å². The van der Waals surface area contributed by atoms with Crippen LogP contribution in [0.3, 0.4) is 0 Å². The molecule has 12 bridgehead atoms. The number of hydrogen-bond acceptors (Lipinski definition) is 15. The molecule has 516 valence electrons. The Hall–Kier alpha value is -6.79. The standard InChI is InChI=1S/C84H94N4O9S2/c1-47(90)95-45-66-59-23-24-61-73-55(38-58(91)39-70(73)94-3)41-83-33-30-53(40-83)76-60-26-29-72(85)88-68(60)27-21-51-18-19-52-36-54-37-56(84(76)31-8-5-9-32-84)22-20-50(54)15-11-17-67(64(43-89)65(52)44-93-2)86-42-63-74(51)75(79(66)96-80(59)77(61)83)62-25-28-69-82(97-81(62)78(63)92)71(35-48-12-6-4-7-13-48)99-98-46-49-14-10-16-57(34-49)87-69/h4,6-7,12-13,20,22-26,28-29,37-39,49,51-53,57,64-67,69,71-72,76,79,82,86-89,91-92H,5,8-11,14-17,30-36,40-46,85H2,1-3H3. The Kier molecular flexibility index (Phi) is 17.8. The van der Waals surface area contributed by atoms with E-state index in [-0.39, 0.29) is 89.6 Å². The lowest BCUT2D eigenvalue weighted by atomic mass is 9.55. The summed E-state index contributed by atoms with van der Waals surface area (Å²) in [5, 5.41) is 50.3. The number of aliphatic hydroxyl groups is 1. The van der Waals surface area contributed by atoms with Crippen molar-refractivity contribution in [2.24, 2.45) is 41.2 Å². The fourth-order valence-corrected chi connectivity index (χ4v) is 24.4. The molecule has 6 heterocycles. The first kappa shape index (κ1) is 65.5. The predicted molar refractivity (Wildman–Crippen MR) is 391 cm³/mol. The van der Waals surface area contributed by atoms with Crippen LogP contribution in [0, 0.1) is 59.2 Å². The van der Waals surface area contributed by atoms with Crippen LogP contribution in [-0.4, -0.2) is 96.7 Å². The van der Waals surface area contributed by atoms with Crippen LogP contribution in [-0.2, 0) is 57.3 Å². The van der Waals surface area contributed by atoms with E-state index in [0.717, 1.165) is 152 Å². The fraction of sp³-hybridized carbons (Fsp3) is 0.512. The van der Waals surface area contributed by atoms with Crippen LogP contribution < -0.4 is 35.9 Å². The highest BCUT2D eigenvalue weighted by Crippen LogP contribution is 2.66. The second-order valence-electron chi connectivity index (χ2n) is 31.1. The third-order valence-corrected chi connectivity index (χ3v) is 28.5. The Morgan fingerprint density at radius 3 is 2.57 bits per heavy atom. The zero-order chi connectivity index (χ0) is 67.3. The molecule has 13 nitrogen and oxygen atoms in total. The lowest BCUT2D eigenvalue weighted by Gasteiger charge is -2.49. The van der Waals surface area contributed by atoms with Gasteiger partial charge in [-0.1, -0.05) is 144 Å². The average Bonchev–Trinajstić information content (AvgIpc) is 1.57. The molecular weight excluding hydrogens is 1270 g/mol. The number of nitrogens with one attached hydrogen (secondary N) is 3. The number of aliphatic hydroxyl groups excluding tert-OH is 1. The van der Waals surface area contributed by atoms with E-state index in [1.54, 1.807) is 20.3 Å². The Morgan fingerprint density at radius 2 is 1.73 bits per heavy atom. The monoisotopic (exact) mass is 1370 g/mol. The number of aromatic hydroxyl groups is 2. The van der Waals surface area contributed by atoms with Gasteiger partial charge in [-0.3, -0.25) is 4.79 Å². The van der Waals surface area contributed by atoms with E-state index in [1.165, 1.54) is 41.2 Å². The molecule has 6 aliphatic heterocycles. The van der Waals surface area contributed by atoms with Crippen molar-refractivity contribution >= 4 is 33.6 Å². The molecule has 3 saturated carbocycles. The summed E-state index contributed by atoms with van der Waals surface area (Å²) in [7, 11) is 7.35. The number of rotatable bonds is 8. The van der Waals surface area contributed by atoms with Crippen molar-refractivity contribution in [3.8, 4) is 63.6 Å². The van der Waals surface area contributed by atoms with Crippen molar-refractivity contribution < 1.29 is 43.8 Å². The minimum Gasteiger partial charge on any atom is -0.508 e. The molecule has 16 unspecified atom stereocenters. The summed E-state index contributed by atoms with van der Waals surface area (Å²) in [5.74, 6) is 17.1. The van der Waals surface area contributed by atoms with Crippen molar-refractivity contribution in [1.82, 2.24) is 16.0 Å². The van der Waals surface area contributed by atoms with E-state index in [9.17, 15) is 20.1 Å². The van der Waals surface area contributed by atoms with E-state index in [0.29, 0.717) is 48.0 Å². The number of dihydropyridines is 1. The van der Waals surface area contributed by atoms with Crippen LogP contribution in [0.5, 0.6) is 28.7 Å². The maximum Gasteiger partial charge on any atom is 0.302 e. The Morgan fingerprint density at radius 1 is 0.848 bits per heavy atom. The van der Waals surface area contributed by atoms with Gasteiger partial charge in [0.25, 0.3) is 0 Å². The molecule has 5 aromatic carbocycles. The number of hydrogen-bond donors (Lipinski definition) is 7. The van der Waals surface area contributed by atoms with Crippen LogP contribution in [0.2, 0.25) is 0 Å². The summed E-state index contributed by atoms with van der Waals surface area (Å²) >= 11 is 0. The summed E-state index contributed by atoms with van der Waals surface area (Å²) in [5.41, 5.74) is 21.4. The van der Waals surface area contributed by atoms with Gasteiger partial charge in [0.05, 0.1) is 42.8 Å². The maximum absolute atomic E-state index is 14.3.